The van der Waals surface area contributed by atoms with Crippen molar-refractivity contribution >= 4 is 142 Å². The third kappa shape index (κ3) is 21.6. The highest BCUT2D eigenvalue weighted by Gasteiger charge is 2.49. The molecule has 706 valence electrons. The van der Waals surface area contributed by atoms with Gasteiger partial charge >= 0.3 is 17.9 Å². The third-order valence-corrected chi connectivity index (χ3v) is 28.9. The highest BCUT2D eigenvalue weighted by Crippen LogP contribution is 2.44. The van der Waals surface area contributed by atoms with Gasteiger partial charge in [0.1, 0.15) is 42.2 Å². The molecule has 2 saturated carbocycles. The lowest BCUT2D eigenvalue weighted by Crippen LogP contribution is -2.54. The molecule has 34 nitrogen and oxygen atoms in total. The van der Waals surface area contributed by atoms with Crippen molar-refractivity contribution in [1.29, 1.82) is 0 Å². The number of ketones is 3. The summed E-state index contributed by atoms with van der Waals surface area (Å²) >= 11 is 0. The summed E-state index contributed by atoms with van der Waals surface area (Å²) in [6, 6.07) is 38.0. The third-order valence-electron chi connectivity index (χ3n) is 25.3. The van der Waals surface area contributed by atoms with Crippen LogP contribution in [0.4, 0.5) is 17.1 Å². The molecule has 1 saturated heterocycles. The summed E-state index contributed by atoms with van der Waals surface area (Å²) in [5.41, 5.74) is 7.04. The number of carbonyl (C=O) groups excluding carboxylic acids is 14. The van der Waals surface area contributed by atoms with Crippen LogP contribution in [0.25, 0.3) is 10.8 Å². The van der Waals surface area contributed by atoms with Crippen LogP contribution in [0.2, 0.25) is 0 Å². The smallest absolute Gasteiger partial charge is 0.326 e. The lowest BCUT2D eigenvalue weighted by molar-refractivity contribution is -0.153. The first-order valence-corrected chi connectivity index (χ1v) is 48.0. The van der Waals surface area contributed by atoms with E-state index in [4.69, 9.17) is 14.2 Å². The van der Waals surface area contributed by atoms with Crippen LogP contribution in [-0.4, -0.2) is 206 Å². The molecule has 2 aliphatic carbocycles. The number of carboxylic acid groups (broad SMARTS) is 2. The van der Waals surface area contributed by atoms with Crippen LogP contribution in [0, 0.1) is 18.8 Å². The monoisotopic (exact) mass is 1880 g/mol. The van der Waals surface area contributed by atoms with E-state index in [2.05, 4.69) is 35.0 Å². The number of fused-ring (bicyclic) bond motifs is 5. The topological polar surface area (TPSA) is 465 Å². The maximum absolute atomic E-state index is 14.5. The van der Waals surface area contributed by atoms with Crippen LogP contribution in [0.1, 0.15) is 214 Å². The fourth-order valence-electron chi connectivity index (χ4n) is 18.7. The van der Waals surface area contributed by atoms with Crippen LogP contribution in [0.5, 0.6) is 11.5 Å². The number of imide groups is 3. The van der Waals surface area contributed by atoms with Gasteiger partial charge in [-0.1, -0.05) is 105 Å². The van der Waals surface area contributed by atoms with Gasteiger partial charge in [-0.15, -0.1) is 0 Å². The SMILES string of the molecule is CCOC(=O)CN(c1ccc(N(CC(=O)O)S(=O)(=O)c2ccc(CC(C)=O)cc2)c2ccccc12)S(=O)(=O)c1ccc(NC(=O)CCCCCOc2cccc3c2C(=O)N(C2CCC(=O)CC2=O)C3=O)cc1.Cc1cccc2c1CCN(C(=O)[C@@H]1CCCC[C@@H]1C(=O)O)[C@@H]2CN1Cc2cc(CCCCCCNC(=O)COc3cccc4c3C(=O)N(C3CCC(=O)NC3=O)C4=O)ccc2C1=O. The van der Waals surface area contributed by atoms with E-state index >= 15 is 0 Å². The Morgan fingerprint density at radius 3 is 1.80 bits per heavy atom. The van der Waals surface area contributed by atoms with Gasteiger partial charge in [0.2, 0.25) is 23.6 Å². The van der Waals surface area contributed by atoms with Crippen molar-refractivity contribution in [2.24, 2.45) is 11.8 Å². The minimum atomic E-state index is -4.61. The predicted molar refractivity (Wildman–Crippen MR) is 489 cm³/mol. The van der Waals surface area contributed by atoms with E-state index in [0.717, 1.165) is 81.3 Å². The Hall–Kier alpha value is -14.2. The average molecular weight is 1880 g/mol. The Bertz CT molecular complexity index is 6340. The second-order valence-corrected chi connectivity index (χ2v) is 38.1. The zero-order valence-corrected chi connectivity index (χ0v) is 76.3. The lowest BCUT2D eigenvalue weighted by Gasteiger charge is -2.42. The number of carboxylic acids is 2. The molecule has 5 heterocycles. The Labute approximate surface area is 778 Å². The molecule has 0 aromatic heterocycles. The lowest BCUT2D eigenvalue weighted by atomic mass is 9.77. The van der Waals surface area contributed by atoms with E-state index in [9.17, 15) is 104 Å². The fraction of sp³-hybridized carbons (Fsp3) is 0.374. The van der Waals surface area contributed by atoms with Crippen LogP contribution in [0.15, 0.2) is 168 Å². The molecule has 5 atom stereocenters. The molecule has 0 bridgehead atoms. The Morgan fingerprint density at radius 1 is 0.570 bits per heavy atom. The summed E-state index contributed by atoms with van der Waals surface area (Å²) in [5.74, 6) is -9.86. The molecule has 135 heavy (non-hydrogen) atoms. The highest BCUT2D eigenvalue weighted by molar-refractivity contribution is 7.93. The number of carbonyl (C=O) groups is 16. The number of benzene rings is 8. The van der Waals surface area contributed by atoms with Crippen molar-refractivity contribution < 1.29 is 118 Å². The molecule has 2 unspecified atom stereocenters. The van der Waals surface area contributed by atoms with Gasteiger partial charge < -0.3 is 44.9 Å². The number of aryl methyl sites for hydroxylation is 2. The van der Waals surface area contributed by atoms with Crippen molar-refractivity contribution in [1.82, 2.24) is 30.2 Å². The van der Waals surface area contributed by atoms with Gasteiger partial charge in [-0.25, -0.2) is 16.8 Å². The second-order valence-electron chi connectivity index (χ2n) is 34.4. The van der Waals surface area contributed by atoms with Gasteiger partial charge in [0.25, 0.3) is 55.5 Å². The van der Waals surface area contributed by atoms with E-state index in [-0.39, 0.29) is 177 Å². The molecule has 8 aromatic rings. The summed E-state index contributed by atoms with van der Waals surface area (Å²) in [5, 5.41) is 27.9. The summed E-state index contributed by atoms with van der Waals surface area (Å²) < 4.78 is 75.5. The summed E-state index contributed by atoms with van der Waals surface area (Å²) in [7, 11) is -9.18. The largest absolute Gasteiger partial charge is 0.493 e. The van der Waals surface area contributed by atoms with E-state index in [0.29, 0.717) is 80.1 Å². The van der Waals surface area contributed by atoms with E-state index in [1.165, 1.54) is 110 Å². The number of nitrogens with one attached hydrogen (secondary N) is 3. The number of anilines is 3. The van der Waals surface area contributed by atoms with E-state index in [1.807, 2.05) is 34.1 Å². The molecular weight excluding hydrogens is 1780 g/mol. The molecule has 10 amide bonds. The second kappa shape index (κ2) is 42.4. The van der Waals surface area contributed by atoms with Crippen LogP contribution in [-0.2, 0) is 103 Å². The number of piperidine rings is 1. The minimum Gasteiger partial charge on any atom is -0.493 e. The number of hydrogen-bond acceptors (Lipinski definition) is 23. The quantitative estimate of drug-likeness (QED) is 0.0104. The molecule has 15 rings (SSSR count). The number of unbranched alkanes of at least 4 members (excludes halogenated alkanes) is 5. The number of aliphatic carboxylic acids is 2. The van der Waals surface area contributed by atoms with Crippen LogP contribution >= 0.6 is 0 Å². The number of esters is 1. The first-order valence-electron chi connectivity index (χ1n) is 45.1. The maximum atomic E-state index is 14.5. The van der Waals surface area contributed by atoms with Crippen molar-refractivity contribution in [3.05, 3.63) is 219 Å². The molecule has 3 fully saturated rings. The van der Waals surface area contributed by atoms with Gasteiger partial charge in [-0.2, -0.15) is 0 Å². The first-order chi connectivity index (χ1) is 64.7. The predicted octanol–water partition coefficient (Wildman–Crippen LogP) is 10.5. The Balaban J connectivity index is 0.000000218. The molecule has 5 aliphatic heterocycles. The van der Waals surface area contributed by atoms with Crippen molar-refractivity contribution in [3.63, 3.8) is 0 Å². The van der Waals surface area contributed by atoms with E-state index in [1.54, 1.807) is 31.2 Å². The van der Waals surface area contributed by atoms with E-state index < -0.39 is 116 Å². The number of ether oxygens (including phenoxy) is 3. The number of Topliss-reactive ketones (excluding diaryl/α,β-unsaturated/α-hetero) is 3. The maximum Gasteiger partial charge on any atom is 0.326 e. The molecule has 5 N–H and O–H groups in total. The summed E-state index contributed by atoms with van der Waals surface area (Å²) in [6.45, 7) is 4.61. The first kappa shape index (κ1) is 96.9. The fourth-order valence-corrected chi connectivity index (χ4v) is 21.5. The molecule has 36 heteroatoms. The summed E-state index contributed by atoms with van der Waals surface area (Å²) in [4.78, 5) is 209. The molecule has 7 aliphatic rings. The number of sulfonamides is 2. The summed E-state index contributed by atoms with van der Waals surface area (Å²) in [6.07, 6.45) is 9.22. The van der Waals surface area contributed by atoms with Gasteiger partial charge in [0.05, 0.1) is 87.0 Å². The standard InChI is InChI=1S/C51H50N4O15S2.C48H53N5O10/c1-3-69-48(62)31-54(42-26-25-41(38-10-6-7-11-39(38)42)53(30-47(60)61)71(65,66)36-20-15-33(16-21-36)28-32(2)56)72(67,68)37-22-17-34(18-23-37)52-46(59)14-5-4-8-27-70-45-13-9-12-40-49(45)51(64)55(50(40)63)43-24-19-35(57)29-44(43)58;1-28-10-8-14-33-31(28)21-23-52(45(58)34-12-5-6-13-35(34)48(61)62)38(33)26-51-25-30-24-29(17-18-32(30)44(51)57)11-4-2-3-7-22-49-41(55)27-63-39-16-9-15-36-42(39)47(60)53(46(36)59)37-19-20-40(54)50-43(37)56/h6-7,9-13,15-18,20-23,25-26,43H,3-5,8,14,19,24,27-31H2,1-2H3,(H,52,59)(H,60,61);8-10,14-18,24,34-35,37-38H,2-7,11-13,19-23,25-27H2,1H3,(H,49,55)(H,61,62)(H,50,54,56)/t;34-,35+,37?,38-/m.1/s1. The van der Waals surface area contributed by atoms with Crippen LogP contribution in [0.3, 0.4) is 0 Å². The average Bonchev–Trinajstić information content (AvgIpc) is 1.66. The molecule has 0 spiro atoms. The molecule has 0 radical (unpaired) electrons. The van der Waals surface area contributed by atoms with Gasteiger partial charge in [-0.05, 0) is 204 Å². The van der Waals surface area contributed by atoms with Crippen LogP contribution < -0.4 is 34.0 Å². The van der Waals surface area contributed by atoms with Gasteiger partial charge in [0, 0.05) is 73.9 Å². The number of amides is 10. The van der Waals surface area contributed by atoms with Crippen molar-refractivity contribution in [2.75, 3.05) is 66.5 Å². The Morgan fingerprint density at radius 2 is 1.17 bits per heavy atom. The normalized spacial score (nSPS) is 18.0. The van der Waals surface area contributed by atoms with Crippen molar-refractivity contribution in [2.45, 2.75) is 184 Å². The minimum absolute atomic E-state index is 0.00923. The molecule has 8 aromatic carbocycles. The Kier molecular flexibility index (Phi) is 30.4. The van der Waals surface area contributed by atoms with Crippen molar-refractivity contribution in [3.8, 4) is 11.5 Å². The van der Waals surface area contributed by atoms with Gasteiger partial charge in [-0.3, -0.25) is 100 Å². The highest BCUT2D eigenvalue weighted by atomic mass is 32.2. The number of rotatable bonds is 37. The zero-order chi connectivity index (χ0) is 96.3. The number of nitrogens with zero attached hydrogens (tertiary/aromatic N) is 6. The zero-order valence-electron chi connectivity index (χ0n) is 74.7. The molecular formula is C99H103N9O25S2. The van der Waals surface area contributed by atoms with Gasteiger partial charge in [0.15, 0.2) is 12.4 Å². The number of hydrogen-bond donors (Lipinski definition) is 5.